The van der Waals surface area contributed by atoms with Crippen LogP contribution in [-0.4, -0.2) is 42.3 Å². The lowest BCUT2D eigenvalue weighted by molar-refractivity contribution is -0.387. The topological polar surface area (TPSA) is 173 Å². The highest BCUT2D eigenvalue weighted by Crippen LogP contribution is 2.36. The van der Waals surface area contributed by atoms with Gasteiger partial charge in [0, 0.05) is 18.2 Å². The first-order valence-electron chi connectivity index (χ1n) is 9.38. The molecule has 0 bridgehead atoms. The highest BCUT2D eigenvalue weighted by atomic mass is 19.1. The van der Waals surface area contributed by atoms with Gasteiger partial charge in [0.1, 0.15) is 17.2 Å². The minimum absolute atomic E-state index is 0.00463. The third-order valence-electron chi connectivity index (χ3n) is 4.33. The van der Waals surface area contributed by atoms with Crippen molar-refractivity contribution in [1.29, 1.82) is 0 Å². The number of nitrogens with zero attached hydrogens (tertiary/aromatic N) is 3. The van der Waals surface area contributed by atoms with Gasteiger partial charge >= 0.3 is 11.8 Å². The highest BCUT2D eigenvalue weighted by Gasteiger charge is 2.20. The normalized spacial score (nSPS) is 10.2. The number of methoxy groups -OCH3 is 3. The van der Waals surface area contributed by atoms with Crippen molar-refractivity contribution in [2.24, 2.45) is 5.73 Å². The molecule has 0 unspecified atom stereocenters. The van der Waals surface area contributed by atoms with Crippen molar-refractivity contribution in [2.75, 3.05) is 32.0 Å². The maximum atomic E-state index is 13.9. The average Bonchev–Trinajstić information content (AvgIpc) is 2.79. The van der Waals surface area contributed by atoms with Crippen molar-refractivity contribution in [3.05, 3.63) is 52.5 Å². The number of primary amides is 1. The number of nitrogens with two attached hydrogens (primary N) is 1. The number of hydrogen-bond acceptors (Lipinski definition) is 11. The van der Waals surface area contributed by atoms with Crippen LogP contribution >= 0.6 is 0 Å². The number of halogens is 1. The summed E-state index contributed by atoms with van der Waals surface area (Å²) in [4.78, 5) is 29.7. The van der Waals surface area contributed by atoms with E-state index in [1.165, 1.54) is 45.7 Å². The molecular weight excluding hydrogens is 455 g/mol. The molecule has 0 fully saturated rings. The molecule has 3 rings (SSSR count). The molecule has 0 radical (unpaired) electrons. The number of ether oxygens (including phenoxy) is 4. The van der Waals surface area contributed by atoms with Crippen LogP contribution in [0.4, 0.5) is 38.0 Å². The largest absolute Gasteiger partial charge is 0.495 e. The van der Waals surface area contributed by atoms with Gasteiger partial charge in [-0.25, -0.2) is 9.78 Å². The van der Waals surface area contributed by atoms with Crippen LogP contribution in [-0.2, 0) is 0 Å². The molecule has 1 aromatic heterocycles. The van der Waals surface area contributed by atoms with Crippen LogP contribution in [0.2, 0.25) is 0 Å². The SMILES string of the molecule is COc1cc(F)c([N+](=O)[O-])cc1Nc1ncc(OC)c(Nc2cc(OC(N)=O)ccc2OC)n1. The number of nitrogens with one attached hydrogen (secondary N) is 2. The number of benzene rings is 2. The van der Waals surface area contributed by atoms with Gasteiger partial charge in [0.15, 0.2) is 11.6 Å². The zero-order chi connectivity index (χ0) is 24.8. The zero-order valence-corrected chi connectivity index (χ0v) is 18.1. The molecule has 0 aliphatic carbocycles. The van der Waals surface area contributed by atoms with Crippen LogP contribution in [0.15, 0.2) is 36.5 Å². The summed E-state index contributed by atoms with van der Waals surface area (Å²) in [6.45, 7) is 0. The fourth-order valence-electron chi connectivity index (χ4n) is 2.83. The van der Waals surface area contributed by atoms with Crippen LogP contribution in [0.3, 0.4) is 0 Å². The quantitative estimate of drug-likeness (QED) is 0.306. The molecule has 2 aromatic carbocycles. The first-order chi connectivity index (χ1) is 16.2. The molecule has 0 aliphatic heterocycles. The monoisotopic (exact) mass is 474 g/mol. The molecule has 34 heavy (non-hydrogen) atoms. The lowest BCUT2D eigenvalue weighted by Crippen LogP contribution is -2.16. The van der Waals surface area contributed by atoms with Gasteiger partial charge in [0.05, 0.1) is 43.8 Å². The number of carbonyl (C=O) groups is 1. The summed E-state index contributed by atoms with van der Waals surface area (Å²) >= 11 is 0. The number of aromatic nitrogens is 2. The van der Waals surface area contributed by atoms with Crippen LogP contribution in [0.25, 0.3) is 0 Å². The zero-order valence-electron chi connectivity index (χ0n) is 18.1. The Kier molecular flexibility index (Phi) is 7.10. The van der Waals surface area contributed by atoms with Crippen LogP contribution in [0, 0.1) is 15.9 Å². The number of rotatable bonds is 9. The summed E-state index contributed by atoms with van der Waals surface area (Å²) in [5.74, 6) is -0.180. The number of amides is 1. The second-order valence-corrected chi connectivity index (χ2v) is 6.40. The molecule has 1 amide bonds. The molecule has 1 heterocycles. The molecule has 4 N–H and O–H groups in total. The summed E-state index contributed by atoms with van der Waals surface area (Å²) in [5, 5.41) is 16.8. The molecule has 0 atom stereocenters. The fourth-order valence-corrected chi connectivity index (χ4v) is 2.83. The van der Waals surface area contributed by atoms with E-state index >= 15 is 0 Å². The molecule has 0 spiro atoms. The Morgan fingerprint density at radius 1 is 1.03 bits per heavy atom. The fraction of sp³-hybridized carbons (Fsp3) is 0.150. The van der Waals surface area contributed by atoms with Crippen molar-refractivity contribution in [2.45, 2.75) is 0 Å². The first kappa shape index (κ1) is 23.8. The van der Waals surface area contributed by atoms with E-state index in [0.717, 1.165) is 12.1 Å². The highest BCUT2D eigenvalue weighted by molar-refractivity contribution is 5.74. The van der Waals surface area contributed by atoms with Crippen molar-refractivity contribution in [3.63, 3.8) is 0 Å². The number of hydrogen-bond donors (Lipinski definition) is 3. The molecule has 13 nitrogen and oxygen atoms in total. The van der Waals surface area contributed by atoms with E-state index in [1.807, 2.05) is 0 Å². The van der Waals surface area contributed by atoms with Gasteiger partial charge < -0.3 is 35.3 Å². The van der Waals surface area contributed by atoms with Crippen LogP contribution in [0.1, 0.15) is 0 Å². The lowest BCUT2D eigenvalue weighted by Gasteiger charge is -2.15. The maximum Gasteiger partial charge on any atom is 0.409 e. The predicted octanol–water partition coefficient (Wildman–Crippen LogP) is 3.49. The van der Waals surface area contributed by atoms with E-state index in [2.05, 4.69) is 20.6 Å². The van der Waals surface area contributed by atoms with Gasteiger partial charge in [0.25, 0.3) is 0 Å². The minimum Gasteiger partial charge on any atom is -0.495 e. The standard InChI is InChI=1S/C20H19FN6O7/c1-31-15-5-4-10(34-19(22)28)6-12(15)24-18-17(33-3)9-23-20(26-18)25-13-8-14(27(29)30)11(21)7-16(13)32-2/h4-9H,1-3H3,(H2,22,28)(H2,23,24,25,26). The Morgan fingerprint density at radius 3 is 2.32 bits per heavy atom. The van der Waals surface area contributed by atoms with Crippen LogP contribution < -0.4 is 35.3 Å². The summed E-state index contributed by atoms with van der Waals surface area (Å²) < 4.78 is 34.5. The van der Waals surface area contributed by atoms with E-state index in [9.17, 15) is 19.3 Å². The lowest BCUT2D eigenvalue weighted by atomic mass is 10.2. The second-order valence-electron chi connectivity index (χ2n) is 6.40. The summed E-state index contributed by atoms with van der Waals surface area (Å²) in [5.41, 5.74) is 4.71. The van der Waals surface area contributed by atoms with Gasteiger partial charge in [-0.15, -0.1) is 0 Å². The van der Waals surface area contributed by atoms with E-state index < -0.39 is 22.5 Å². The van der Waals surface area contributed by atoms with E-state index in [0.29, 0.717) is 11.4 Å². The number of nitro benzene ring substituents is 1. The summed E-state index contributed by atoms with van der Waals surface area (Å²) in [7, 11) is 4.11. The second kappa shape index (κ2) is 10.2. The number of nitro groups is 1. The molecular formula is C20H19FN6O7. The smallest absolute Gasteiger partial charge is 0.409 e. The van der Waals surface area contributed by atoms with E-state index in [1.54, 1.807) is 0 Å². The summed E-state index contributed by atoms with van der Waals surface area (Å²) in [6, 6.07) is 6.30. The Balaban J connectivity index is 1.99. The Morgan fingerprint density at radius 2 is 1.71 bits per heavy atom. The molecule has 14 heteroatoms. The van der Waals surface area contributed by atoms with Gasteiger partial charge in [-0.05, 0) is 12.1 Å². The molecule has 178 valence electrons. The number of anilines is 4. The molecule has 0 aliphatic rings. The van der Waals surface area contributed by atoms with Crippen molar-refractivity contribution in [1.82, 2.24) is 9.97 Å². The number of carbonyl (C=O) groups excluding carboxylic acids is 1. The Bertz CT molecular complexity index is 1240. The van der Waals surface area contributed by atoms with Gasteiger partial charge in [0.2, 0.25) is 11.8 Å². The van der Waals surface area contributed by atoms with Gasteiger partial charge in [-0.1, -0.05) is 0 Å². The van der Waals surface area contributed by atoms with E-state index in [4.69, 9.17) is 24.7 Å². The molecule has 0 saturated heterocycles. The van der Waals surface area contributed by atoms with Crippen molar-refractivity contribution in [3.8, 4) is 23.0 Å². The van der Waals surface area contributed by atoms with Crippen molar-refractivity contribution >= 4 is 34.9 Å². The predicted molar refractivity (Wildman–Crippen MR) is 118 cm³/mol. The summed E-state index contributed by atoms with van der Waals surface area (Å²) in [6.07, 6.45) is 0.336. The maximum absolute atomic E-state index is 13.9. The Labute approximate surface area is 191 Å². The molecule has 0 saturated carbocycles. The van der Waals surface area contributed by atoms with E-state index in [-0.39, 0.29) is 34.7 Å². The third kappa shape index (κ3) is 5.29. The molecule has 3 aromatic rings. The third-order valence-corrected chi connectivity index (χ3v) is 4.33. The minimum atomic E-state index is -1.06. The Hall–Kier alpha value is -4.88. The first-order valence-corrected chi connectivity index (χ1v) is 9.38. The van der Waals surface area contributed by atoms with Gasteiger partial charge in [-0.3, -0.25) is 10.1 Å². The van der Waals surface area contributed by atoms with Gasteiger partial charge in [-0.2, -0.15) is 9.37 Å². The van der Waals surface area contributed by atoms with Crippen molar-refractivity contribution < 1.29 is 33.1 Å². The average molecular weight is 474 g/mol. The van der Waals surface area contributed by atoms with Crippen LogP contribution in [0.5, 0.6) is 23.0 Å².